The van der Waals surface area contributed by atoms with Gasteiger partial charge in [-0.05, 0) is 83.8 Å². The number of unbranched alkanes of at least 4 members (excludes halogenated alkanes) is 33. The van der Waals surface area contributed by atoms with E-state index in [1.807, 2.05) is 0 Å². The van der Waals surface area contributed by atoms with Gasteiger partial charge in [-0.1, -0.05) is 246 Å². The molecule has 0 aromatic heterocycles. The third-order valence-corrected chi connectivity index (χ3v) is 13.9. The van der Waals surface area contributed by atoms with E-state index in [2.05, 4.69) is 32.6 Å². The molecule has 0 aromatic rings. The van der Waals surface area contributed by atoms with Gasteiger partial charge < -0.3 is 19.5 Å². The molecule has 0 aliphatic rings. The van der Waals surface area contributed by atoms with Crippen LogP contribution >= 0.6 is 0 Å². The van der Waals surface area contributed by atoms with Gasteiger partial charge in [0.15, 0.2) is 0 Å². The van der Waals surface area contributed by atoms with Gasteiger partial charge in [0.25, 0.3) is 0 Å². The van der Waals surface area contributed by atoms with Crippen LogP contribution in [0.4, 0.5) is 0 Å². The lowest BCUT2D eigenvalue weighted by Crippen LogP contribution is -2.27. The van der Waals surface area contributed by atoms with Gasteiger partial charge in [-0.25, -0.2) is 0 Å². The fourth-order valence-electron chi connectivity index (χ4n) is 9.45. The molecule has 2 unspecified atom stereocenters. The van der Waals surface area contributed by atoms with Crippen LogP contribution in [0.25, 0.3) is 0 Å². The normalized spacial score (nSPS) is 12.6. The summed E-state index contributed by atoms with van der Waals surface area (Å²) >= 11 is 0. The highest BCUT2D eigenvalue weighted by Gasteiger charge is 2.20. The van der Waals surface area contributed by atoms with Crippen LogP contribution in [0.3, 0.4) is 0 Å². The Kier molecular flexibility index (Phi) is 51.9. The first-order chi connectivity index (χ1) is 31.5. The largest absolute Gasteiger partial charge is 0.465 e. The SMILES string of the molecule is CCCCCCCCCCCC(CCCCCCCCC)C(=O)OCCCCCCN(CCCCO)CCCCCCOC(=O)C(CCCCCCCC)CCCCCCCCCC. The van der Waals surface area contributed by atoms with Crippen molar-refractivity contribution >= 4 is 11.9 Å². The van der Waals surface area contributed by atoms with Gasteiger partial charge in [0.05, 0.1) is 25.0 Å². The lowest BCUT2D eigenvalue weighted by Gasteiger charge is -2.22. The van der Waals surface area contributed by atoms with Crippen molar-refractivity contribution in [2.75, 3.05) is 39.5 Å². The van der Waals surface area contributed by atoms with Crippen molar-refractivity contribution in [2.45, 2.75) is 310 Å². The molecule has 0 spiro atoms. The first kappa shape index (κ1) is 62.9. The van der Waals surface area contributed by atoms with Gasteiger partial charge in [0, 0.05) is 6.61 Å². The Labute approximate surface area is 401 Å². The average molecular weight is 907 g/mol. The van der Waals surface area contributed by atoms with Crippen molar-refractivity contribution in [3.63, 3.8) is 0 Å². The maximum Gasteiger partial charge on any atom is 0.308 e. The van der Waals surface area contributed by atoms with E-state index >= 15 is 0 Å². The van der Waals surface area contributed by atoms with Gasteiger partial charge in [-0.15, -0.1) is 0 Å². The molecule has 0 fully saturated rings. The van der Waals surface area contributed by atoms with Gasteiger partial charge >= 0.3 is 11.9 Å². The Morgan fingerprint density at radius 1 is 0.328 bits per heavy atom. The van der Waals surface area contributed by atoms with E-state index < -0.39 is 0 Å². The lowest BCUT2D eigenvalue weighted by atomic mass is 9.94. The Hall–Kier alpha value is -1.14. The molecule has 0 saturated heterocycles. The predicted octanol–water partition coefficient (Wildman–Crippen LogP) is 17.8. The minimum atomic E-state index is 0.0667. The van der Waals surface area contributed by atoms with Crippen molar-refractivity contribution in [3.05, 3.63) is 0 Å². The fraction of sp³-hybridized carbons (Fsp3) is 0.966. The van der Waals surface area contributed by atoms with Crippen LogP contribution in [-0.2, 0) is 19.1 Å². The lowest BCUT2D eigenvalue weighted by molar-refractivity contribution is -0.150. The van der Waals surface area contributed by atoms with Crippen LogP contribution in [0.15, 0.2) is 0 Å². The molecule has 382 valence electrons. The van der Waals surface area contributed by atoms with Crippen molar-refractivity contribution in [3.8, 4) is 0 Å². The topological polar surface area (TPSA) is 76.1 Å². The molecule has 0 radical (unpaired) electrons. The maximum atomic E-state index is 13.2. The highest BCUT2D eigenvalue weighted by atomic mass is 16.5. The second-order valence-electron chi connectivity index (χ2n) is 20.2. The highest BCUT2D eigenvalue weighted by molar-refractivity contribution is 5.72. The summed E-state index contributed by atoms with van der Waals surface area (Å²) in [7, 11) is 0. The van der Waals surface area contributed by atoms with Crippen LogP contribution < -0.4 is 0 Å². The van der Waals surface area contributed by atoms with Crippen molar-refractivity contribution in [2.24, 2.45) is 11.8 Å². The average Bonchev–Trinajstić information content (AvgIpc) is 3.30. The third kappa shape index (κ3) is 44.7. The molecule has 1 N–H and O–H groups in total. The summed E-state index contributed by atoms with van der Waals surface area (Å²) in [5.41, 5.74) is 0. The van der Waals surface area contributed by atoms with Crippen molar-refractivity contribution in [1.29, 1.82) is 0 Å². The number of rotatable bonds is 54. The standard InChI is InChI=1S/C58H115NO5/c1-5-9-13-17-21-23-26-30-38-48-56(46-36-28-24-19-15-11-7-3)58(62)64-54-44-34-32-40-50-59(51-41-42-52-60)49-39-31-33-43-53-63-57(61)55(45-35-27-20-16-12-8-4)47-37-29-25-22-18-14-10-6-2/h55-56,60H,5-54H2,1-4H3. The first-order valence-corrected chi connectivity index (χ1v) is 29.2. The number of hydrogen-bond donors (Lipinski definition) is 1. The zero-order valence-electron chi connectivity index (χ0n) is 44.0. The number of aliphatic hydroxyl groups excluding tert-OH is 1. The van der Waals surface area contributed by atoms with E-state index in [0.717, 1.165) is 122 Å². The van der Waals surface area contributed by atoms with Gasteiger partial charge in [-0.3, -0.25) is 9.59 Å². The van der Waals surface area contributed by atoms with E-state index in [1.54, 1.807) is 0 Å². The Bertz CT molecular complexity index is 928. The summed E-state index contributed by atoms with van der Waals surface area (Å²) < 4.78 is 11.8. The summed E-state index contributed by atoms with van der Waals surface area (Å²) in [5, 5.41) is 9.40. The monoisotopic (exact) mass is 906 g/mol. The molecule has 6 heteroatoms. The van der Waals surface area contributed by atoms with Crippen LogP contribution in [0.2, 0.25) is 0 Å². The van der Waals surface area contributed by atoms with E-state index in [9.17, 15) is 14.7 Å². The Balaban J connectivity index is 4.51. The molecule has 0 heterocycles. The zero-order chi connectivity index (χ0) is 46.7. The summed E-state index contributed by atoms with van der Waals surface area (Å²) in [5.74, 6) is 0.312. The number of esters is 2. The van der Waals surface area contributed by atoms with Crippen LogP contribution in [-0.4, -0.2) is 61.4 Å². The minimum absolute atomic E-state index is 0.0667. The van der Waals surface area contributed by atoms with Crippen molar-refractivity contribution < 1.29 is 24.2 Å². The molecule has 0 aliphatic carbocycles. The van der Waals surface area contributed by atoms with Gasteiger partial charge in [0.2, 0.25) is 0 Å². The summed E-state index contributed by atoms with van der Waals surface area (Å²) in [6.07, 6.45) is 53.7. The predicted molar refractivity (Wildman–Crippen MR) is 278 cm³/mol. The van der Waals surface area contributed by atoms with E-state index in [0.29, 0.717) is 13.2 Å². The molecule has 0 aromatic carbocycles. The summed E-state index contributed by atoms with van der Waals surface area (Å²) in [4.78, 5) is 29.0. The van der Waals surface area contributed by atoms with E-state index in [1.165, 1.54) is 180 Å². The highest BCUT2D eigenvalue weighted by Crippen LogP contribution is 2.23. The van der Waals surface area contributed by atoms with Crippen LogP contribution in [0.5, 0.6) is 0 Å². The molecule has 6 nitrogen and oxygen atoms in total. The fourth-order valence-corrected chi connectivity index (χ4v) is 9.45. The minimum Gasteiger partial charge on any atom is -0.465 e. The van der Waals surface area contributed by atoms with Crippen LogP contribution in [0.1, 0.15) is 310 Å². The molecule has 64 heavy (non-hydrogen) atoms. The van der Waals surface area contributed by atoms with E-state index in [-0.39, 0.29) is 30.4 Å². The number of ether oxygens (including phenoxy) is 2. The molecule has 0 saturated carbocycles. The quantitative estimate of drug-likeness (QED) is 0.0484. The molecule has 0 amide bonds. The van der Waals surface area contributed by atoms with Crippen LogP contribution in [0, 0.1) is 11.8 Å². The number of carbonyl (C=O) groups excluding carboxylic acids is 2. The maximum absolute atomic E-state index is 13.2. The first-order valence-electron chi connectivity index (χ1n) is 29.2. The van der Waals surface area contributed by atoms with E-state index in [4.69, 9.17) is 9.47 Å². The second kappa shape index (κ2) is 52.8. The third-order valence-electron chi connectivity index (χ3n) is 13.9. The number of hydrogen-bond acceptors (Lipinski definition) is 6. The molecule has 0 aliphatic heterocycles. The molecule has 2 atom stereocenters. The zero-order valence-corrected chi connectivity index (χ0v) is 44.0. The molecule has 0 rings (SSSR count). The molecule has 0 bridgehead atoms. The van der Waals surface area contributed by atoms with Gasteiger partial charge in [-0.2, -0.15) is 0 Å². The summed E-state index contributed by atoms with van der Waals surface area (Å²) in [6, 6.07) is 0. The van der Waals surface area contributed by atoms with Crippen molar-refractivity contribution in [1.82, 2.24) is 4.90 Å². The second-order valence-corrected chi connectivity index (χ2v) is 20.2. The molecular formula is C58H115NO5. The smallest absolute Gasteiger partial charge is 0.308 e. The Morgan fingerprint density at radius 3 is 0.844 bits per heavy atom. The summed E-state index contributed by atoms with van der Waals surface area (Å²) in [6.45, 7) is 13.7. The molecular weight excluding hydrogens is 791 g/mol. The number of aliphatic hydroxyl groups is 1. The number of carbonyl (C=O) groups is 2. The Morgan fingerprint density at radius 2 is 0.562 bits per heavy atom. The number of nitrogens with zero attached hydrogens (tertiary/aromatic N) is 1. The van der Waals surface area contributed by atoms with Gasteiger partial charge in [0.1, 0.15) is 0 Å².